The predicted octanol–water partition coefficient (Wildman–Crippen LogP) is 3.01. The van der Waals surface area contributed by atoms with Gasteiger partial charge in [0.05, 0.1) is 24.5 Å². The van der Waals surface area contributed by atoms with Crippen molar-refractivity contribution < 1.29 is 13.5 Å². The van der Waals surface area contributed by atoms with Gasteiger partial charge in [-0.3, -0.25) is 14.3 Å². The van der Waals surface area contributed by atoms with E-state index in [0.717, 1.165) is 30.2 Å². The van der Waals surface area contributed by atoms with Crippen LogP contribution in [0.25, 0.3) is 11.3 Å². The minimum absolute atomic E-state index is 0.0938. The van der Waals surface area contributed by atoms with Crippen molar-refractivity contribution in [3.05, 3.63) is 75.8 Å². The fourth-order valence-corrected chi connectivity index (χ4v) is 4.44. The molecule has 5 rings (SSSR count). The third kappa shape index (κ3) is 3.08. The van der Waals surface area contributed by atoms with Crippen molar-refractivity contribution >= 4 is 5.95 Å². The van der Waals surface area contributed by atoms with Crippen molar-refractivity contribution in [2.75, 3.05) is 18.1 Å². The summed E-state index contributed by atoms with van der Waals surface area (Å²) < 4.78 is 35.7. The van der Waals surface area contributed by atoms with Gasteiger partial charge in [0.25, 0.3) is 5.56 Å². The van der Waals surface area contributed by atoms with E-state index < -0.39 is 5.82 Å². The van der Waals surface area contributed by atoms with E-state index in [2.05, 4.69) is 9.97 Å². The Bertz CT molecular complexity index is 1180. The predicted molar refractivity (Wildman–Crippen MR) is 107 cm³/mol. The molecule has 154 valence electrons. The van der Waals surface area contributed by atoms with Crippen molar-refractivity contribution in [2.45, 2.75) is 25.0 Å². The van der Waals surface area contributed by atoms with Crippen LogP contribution >= 0.6 is 0 Å². The number of benzene rings is 1. The van der Waals surface area contributed by atoms with Gasteiger partial charge in [0.15, 0.2) is 5.82 Å². The highest BCUT2D eigenvalue weighted by atomic mass is 19.1. The van der Waals surface area contributed by atoms with Gasteiger partial charge in [0, 0.05) is 31.4 Å². The molecule has 0 bridgehead atoms. The van der Waals surface area contributed by atoms with Crippen LogP contribution in [0.2, 0.25) is 0 Å². The molecule has 6 nitrogen and oxygen atoms in total. The maximum absolute atomic E-state index is 14.3. The molecule has 1 saturated heterocycles. The molecule has 0 N–H and O–H groups in total. The van der Waals surface area contributed by atoms with Crippen LogP contribution in [0.4, 0.5) is 14.7 Å². The number of fused-ring (bicyclic) bond motifs is 3. The van der Waals surface area contributed by atoms with E-state index in [1.165, 1.54) is 35.0 Å². The third-order valence-corrected chi connectivity index (χ3v) is 5.92. The topological polar surface area (TPSA) is 60.2 Å². The number of rotatable bonds is 2. The molecule has 2 atom stereocenters. The Balaban J connectivity index is 1.59. The molecule has 1 aromatic carbocycles. The first-order chi connectivity index (χ1) is 14.5. The van der Waals surface area contributed by atoms with Crippen molar-refractivity contribution in [2.24, 2.45) is 7.05 Å². The third-order valence-electron chi connectivity index (χ3n) is 5.92. The summed E-state index contributed by atoms with van der Waals surface area (Å²) in [4.78, 5) is 23.1. The molecule has 8 heteroatoms. The monoisotopic (exact) mass is 410 g/mol. The molecule has 30 heavy (non-hydrogen) atoms. The Kier molecular flexibility index (Phi) is 4.58. The molecular formula is C22H20F2N4O2. The molecule has 2 aliphatic rings. The second-order valence-electron chi connectivity index (χ2n) is 7.63. The average Bonchev–Trinajstić information content (AvgIpc) is 2.75. The summed E-state index contributed by atoms with van der Waals surface area (Å²) in [7, 11) is 1.65. The second kappa shape index (κ2) is 7.28. The number of aromatic nitrogens is 3. The summed E-state index contributed by atoms with van der Waals surface area (Å²) >= 11 is 0. The highest BCUT2D eigenvalue weighted by molar-refractivity contribution is 5.60. The molecule has 3 aromatic rings. The molecule has 3 heterocycles. The number of anilines is 1. The molecule has 0 amide bonds. The number of halogens is 2. The fourth-order valence-electron chi connectivity index (χ4n) is 4.44. The number of aryl methyl sites for hydroxylation is 1. The number of hydrogen-bond acceptors (Lipinski definition) is 5. The summed E-state index contributed by atoms with van der Waals surface area (Å²) in [6.45, 7) is 0.954. The van der Waals surface area contributed by atoms with Gasteiger partial charge in [0.1, 0.15) is 11.9 Å². The number of nitrogens with zero attached hydrogens (tertiary/aromatic N) is 4. The Hall–Kier alpha value is -3.13. The molecule has 1 aliphatic carbocycles. The lowest BCUT2D eigenvalue weighted by atomic mass is 9.84. The van der Waals surface area contributed by atoms with E-state index in [-0.39, 0.29) is 34.8 Å². The summed E-state index contributed by atoms with van der Waals surface area (Å²) in [5.41, 5.74) is 2.13. The fraction of sp³-hybridized carbons (Fsp3) is 0.318. The normalized spacial score (nSPS) is 20.6. The van der Waals surface area contributed by atoms with Gasteiger partial charge >= 0.3 is 0 Å². The van der Waals surface area contributed by atoms with E-state index in [9.17, 15) is 13.6 Å². The van der Waals surface area contributed by atoms with Crippen LogP contribution in [0.15, 0.2) is 47.5 Å². The van der Waals surface area contributed by atoms with Crippen molar-refractivity contribution in [3.8, 4) is 11.3 Å². The van der Waals surface area contributed by atoms with Gasteiger partial charge in [-0.25, -0.2) is 13.8 Å². The lowest BCUT2D eigenvalue weighted by Crippen LogP contribution is -2.51. The average molecular weight is 410 g/mol. The van der Waals surface area contributed by atoms with E-state index in [0.29, 0.717) is 19.1 Å². The zero-order valence-corrected chi connectivity index (χ0v) is 16.4. The van der Waals surface area contributed by atoms with Gasteiger partial charge < -0.3 is 9.64 Å². The zero-order chi connectivity index (χ0) is 20.8. The minimum Gasteiger partial charge on any atom is -0.370 e. The van der Waals surface area contributed by atoms with Gasteiger partial charge in [-0.15, -0.1) is 0 Å². The first-order valence-corrected chi connectivity index (χ1v) is 9.87. The lowest BCUT2D eigenvalue weighted by molar-refractivity contribution is 0.00157. The Morgan fingerprint density at radius 1 is 1.20 bits per heavy atom. The molecular weight excluding hydrogens is 390 g/mol. The molecule has 1 aliphatic heterocycles. The minimum atomic E-state index is -0.536. The van der Waals surface area contributed by atoms with Crippen LogP contribution < -0.4 is 10.5 Å². The Morgan fingerprint density at radius 3 is 2.90 bits per heavy atom. The first kappa shape index (κ1) is 18.9. The zero-order valence-electron chi connectivity index (χ0n) is 16.4. The maximum atomic E-state index is 14.3. The standard InChI is InChI=1S/C22H20F2N4O2/c1-27-20(29)11-18(15-6-7-25-12-17(15)24)26-22(27)28-8-9-30-21-16-10-14(23)4-2-13(16)3-5-19(21)28/h2,4,6-7,10-12,19,21H,3,5,8-9H2,1H3/t19-,21+/m0/s1. The van der Waals surface area contributed by atoms with E-state index in [1.54, 1.807) is 7.05 Å². The highest BCUT2D eigenvalue weighted by Gasteiger charge is 2.39. The molecule has 0 spiro atoms. The highest BCUT2D eigenvalue weighted by Crippen LogP contribution is 2.39. The quantitative estimate of drug-likeness (QED) is 0.650. The summed E-state index contributed by atoms with van der Waals surface area (Å²) in [5.74, 6) is -0.381. The smallest absolute Gasteiger partial charge is 0.255 e. The summed E-state index contributed by atoms with van der Waals surface area (Å²) in [5, 5.41) is 0. The van der Waals surface area contributed by atoms with Gasteiger partial charge in [-0.2, -0.15) is 0 Å². The van der Waals surface area contributed by atoms with Crippen molar-refractivity contribution in [3.63, 3.8) is 0 Å². The summed E-state index contributed by atoms with van der Waals surface area (Å²) in [6, 6.07) is 7.55. The van der Waals surface area contributed by atoms with Crippen LogP contribution in [0.5, 0.6) is 0 Å². The molecule has 0 unspecified atom stereocenters. The molecule has 0 radical (unpaired) electrons. The van der Waals surface area contributed by atoms with Gasteiger partial charge in [-0.1, -0.05) is 6.07 Å². The van der Waals surface area contributed by atoms with E-state index >= 15 is 0 Å². The van der Waals surface area contributed by atoms with Crippen LogP contribution in [0, 0.1) is 11.6 Å². The van der Waals surface area contributed by atoms with Crippen molar-refractivity contribution in [1.29, 1.82) is 0 Å². The Morgan fingerprint density at radius 2 is 2.07 bits per heavy atom. The summed E-state index contributed by atoms with van der Waals surface area (Å²) in [6.07, 6.45) is 3.83. The Labute approximate surface area is 171 Å². The lowest BCUT2D eigenvalue weighted by Gasteiger charge is -2.45. The number of ether oxygens (including phenoxy) is 1. The SMILES string of the molecule is Cn1c(N2CCO[C@@H]3c4cc(F)ccc4CC[C@@H]32)nc(-c2ccncc2F)cc1=O. The van der Waals surface area contributed by atoms with Gasteiger partial charge in [0.2, 0.25) is 5.95 Å². The molecule has 0 saturated carbocycles. The van der Waals surface area contributed by atoms with Crippen LogP contribution in [0.1, 0.15) is 23.7 Å². The largest absolute Gasteiger partial charge is 0.370 e. The number of pyridine rings is 1. The van der Waals surface area contributed by atoms with Crippen LogP contribution in [0.3, 0.4) is 0 Å². The maximum Gasteiger partial charge on any atom is 0.255 e. The van der Waals surface area contributed by atoms with E-state index in [1.807, 2.05) is 11.0 Å². The number of morpholine rings is 1. The van der Waals surface area contributed by atoms with Crippen molar-refractivity contribution in [1.82, 2.24) is 14.5 Å². The molecule has 2 aromatic heterocycles. The van der Waals surface area contributed by atoms with E-state index in [4.69, 9.17) is 4.74 Å². The number of hydrogen-bond donors (Lipinski definition) is 0. The second-order valence-corrected chi connectivity index (χ2v) is 7.63. The molecule has 1 fully saturated rings. The van der Waals surface area contributed by atoms with Crippen LogP contribution in [-0.2, 0) is 18.2 Å². The first-order valence-electron chi connectivity index (χ1n) is 9.87. The van der Waals surface area contributed by atoms with Gasteiger partial charge in [-0.05, 0) is 42.2 Å². The van der Waals surface area contributed by atoms with Crippen LogP contribution in [-0.4, -0.2) is 33.7 Å².